The van der Waals surface area contributed by atoms with Gasteiger partial charge >= 0.3 is 0 Å². The third-order valence-corrected chi connectivity index (χ3v) is 3.51. The van der Waals surface area contributed by atoms with Crippen molar-refractivity contribution in [2.45, 2.75) is 26.0 Å². The van der Waals surface area contributed by atoms with Crippen LogP contribution in [0.1, 0.15) is 25.5 Å². The van der Waals surface area contributed by atoms with E-state index < -0.39 is 6.10 Å². The summed E-state index contributed by atoms with van der Waals surface area (Å²) in [6.07, 6.45) is -0.468. The maximum atomic E-state index is 12.0. The lowest BCUT2D eigenvalue weighted by Crippen LogP contribution is -2.39. The second kappa shape index (κ2) is 8.73. The van der Waals surface area contributed by atoms with Gasteiger partial charge in [0.1, 0.15) is 6.10 Å². The van der Waals surface area contributed by atoms with Crippen LogP contribution in [-0.4, -0.2) is 25.2 Å². The first kappa shape index (κ1) is 18.4. The highest BCUT2D eigenvalue weighted by molar-refractivity contribution is 5.85. The van der Waals surface area contributed by atoms with E-state index in [0.29, 0.717) is 13.2 Å². The second-order valence-corrected chi connectivity index (χ2v) is 5.00. The molecule has 0 saturated carbocycles. The summed E-state index contributed by atoms with van der Waals surface area (Å²) in [6, 6.07) is 14.0. The minimum absolute atomic E-state index is 0. The molecule has 0 aromatic heterocycles. The van der Waals surface area contributed by atoms with Crippen LogP contribution in [0.5, 0.6) is 0 Å². The lowest BCUT2D eigenvalue weighted by molar-refractivity contribution is -0.132. The number of benzene rings is 2. The van der Waals surface area contributed by atoms with Gasteiger partial charge in [-0.2, -0.15) is 0 Å². The topological polar surface area (TPSA) is 64.3 Å². The van der Waals surface area contributed by atoms with E-state index in [2.05, 4.69) is 23.5 Å². The minimum atomic E-state index is -0.468. The molecule has 0 fully saturated rings. The van der Waals surface area contributed by atoms with Crippen LogP contribution in [0.4, 0.5) is 0 Å². The van der Waals surface area contributed by atoms with Crippen LogP contribution >= 0.6 is 12.4 Å². The van der Waals surface area contributed by atoms with Gasteiger partial charge in [-0.15, -0.1) is 12.4 Å². The molecule has 2 rings (SSSR count). The van der Waals surface area contributed by atoms with Gasteiger partial charge in [-0.3, -0.25) is 4.79 Å². The molecule has 2 atom stereocenters. The highest BCUT2D eigenvalue weighted by Gasteiger charge is 2.18. The zero-order valence-corrected chi connectivity index (χ0v) is 13.7. The Morgan fingerprint density at radius 2 is 1.91 bits per heavy atom. The fourth-order valence-corrected chi connectivity index (χ4v) is 2.32. The van der Waals surface area contributed by atoms with E-state index in [1.165, 1.54) is 5.39 Å². The summed E-state index contributed by atoms with van der Waals surface area (Å²) < 4.78 is 5.30. The molecule has 120 valence electrons. The molecular formula is C17H23ClN2O2. The van der Waals surface area contributed by atoms with Gasteiger partial charge < -0.3 is 15.8 Å². The van der Waals surface area contributed by atoms with E-state index in [9.17, 15) is 4.79 Å². The number of carbonyl (C=O) groups excluding carboxylic acids is 1. The van der Waals surface area contributed by atoms with Crippen molar-refractivity contribution in [3.8, 4) is 0 Å². The van der Waals surface area contributed by atoms with Crippen molar-refractivity contribution in [3.05, 3.63) is 48.0 Å². The molecule has 0 radical (unpaired) electrons. The molecule has 0 aliphatic rings. The van der Waals surface area contributed by atoms with E-state index in [4.69, 9.17) is 10.5 Å². The number of carbonyl (C=O) groups is 1. The van der Waals surface area contributed by atoms with E-state index in [1.807, 2.05) is 31.2 Å². The predicted molar refractivity (Wildman–Crippen MR) is 92.2 cm³/mol. The number of nitrogens with one attached hydrogen (secondary N) is 1. The van der Waals surface area contributed by atoms with E-state index in [-0.39, 0.29) is 24.4 Å². The first-order valence-corrected chi connectivity index (χ1v) is 7.26. The summed E-state index contributed by atoms with van der Waals surface area (Å²) in [5, 5.41) is 5.25. The maximum Gasteiger partial charge on any atom is 0.249 e. The normalized spacial score (nSPS) is 13.2. The summed E-state index contributed by atoms with van der Waals surface area (Å²) >= 11 is 0. The molecule has 4 nitrogen and oxygen atoms in total. The van der Waals surface area contributed by atoms with Crippen molar-refractivity contribution >= 4 is 29.1 Å². The second-order valence-electron chi connectivity index (χ2n) is 5.00. The zero-order chi connectivity index (χ0) is 15.2. The number of hydrogen-bond acceptors (Lipinski definition) is 3. The summed E-state index contributed by atoms with van der Waals surface area (Å²) in [4.78, 5) is 12.0. The number of halogens is 1. The van der Waals surface area contributed by atoms with Gasteiger partial charge in [-0.05, 0) is 36.2 Å². The molecule has 3 N–H and O–H groups in total. The quantitative estimate of drug-likeness (QED) is 0.859. The Bertz CT molecular complexity index is 618. The van der Waals surface area contributed by atoms with E-state index >= 15 is 0 Å². The highest BCUT2D eigenvalue weighted by Crippen LogP contribution is 2.20. The van der Waals surface area contributed by atoms with Crippen LogP contribution < -0.4 is 11.1 Å². The number of hydrogen-bond donors (Lipinski definition) is 2. The van der Waals surface area contributed by atoms with Crippen molar-refractivity contribution in [3.63, 3.8) is 0 Å². The zero-order valence-electron chi connectivity index (χ0n) is 12.9. The van der Waals surface area contributed by atoms with Crippen LogP contribution in [0.15, 0.2) is 42.5 Å². The summed E-state index contributed by atoms with van der Waals surface area (Å²) in [6.45, 7) is 4.47. The van der Waals surface area contributed by atoms with Crippen LogP contribution in [-0.2, 0) is 9.53 Å². The van der Waals surface area contributed by atoms with Crippen molar-refractivity contribution in [1.82, 2.24) is 5.32 Å². The standard InChI is InChI=1S/C17H22N2O2.ClH/c1-3-21-12(2)17(20)19-16(11-18)15-9-8-13-6-4-5-7-14(13)10-15;/h4-10,12,16H,3,11,18H2,1-2H3,(H,19,20);1H. The SMILES string of the molecule is CCOC(C)C(=O)NC(CN)c1ccc2ccccc2c1.Cl. The van der Waals surface area contributed by atoms with Gasteiger partial charge in [0.2, 0.25) is 5.91 Å². The molecule has 2 aromatic carbocycles. The van der Waals surface area contributed by atoms with Gasteiger partial charge in [-0.25, -0.2) is 0 Å². The smallest absolute Gasteiger partial charge is 0.249 e. The first-order valence-electron chi connectivity index (χ1n) is 7.26. The summed E-state index contributed by atoms with van der Waals surface area (Å²) in [5.41, 5.74) is 6.82. The monoisotopic (exact) mass is 322 g/mol. The molecular weight excluding hydrogens is 300 g/mol. The Morgan fingerprint density at radius 1 is 1.23 bits per heavy atom. The van der Waals surface area contributed by atoms with Gasteiger partial charge in [0.15, 0.2) is 0 Å². The molecule has 5 heteroatoms. The number of ether oxygens (including phenoxy) is 1. The van der Waals surface area contributed by atoms with Crippen molar-refractivity contribution < 1.29 is 9.53 Å². The lowest BCUT2D eigenvalue weighted by atomic mass is 10.0. The van der Waals surface area contributed by atoms with Gasteiger partial charge in [0, 0.05) is 13.2 Å². The third kappa shape index (κ3) is 4.44. The molecule has 0 aliphatic carbocycles. The molecule has 0 saturated heterocycles. The Labute approximate surface area is 137 Å². The number of nitrogens with two attached hydrogens (primary N) is 1. The molecule has 0 bridgehead atoms. The summed E-state index contributed by atoms with van der Waals surface area (Å²) in [5.74, 6) is -0.138. The van der Waals surface area contributed by atoms with E-state index in [1.54, 1.807) is 6.92 Å². The van der Waals surface area contributed by atoms with Crippen molar-refractivity contribution in [2.75, 3.05) is 13.2 Å². The van der Waals surface area contributed by atoms with Crippen molar-refractivity contribution in [2.24, 2.45) is 5.73 Å². The fraction of sp³-hybridized carbons (Fsp3) is 0.353. The largest absolute Gasteiger partial charge is 0.369 e. The molecule has 0 heterocycles. The minimum Gasteiger partial charge on any atom is -0.369 e. The van der Waals surface area contributed by atoms with Crippen LogP contribution in [0.2, 0.25) is 0 Å². The van der Waals surface area contributed by atoms with Gasteiger partial charge in [-0.1, -0.05) is 36.4 Å². The molecule has 2 unspecified atom stereocenters. The van der Waals surface area contributed by atoms with Crippen molar-refractivity contribution in [1.29, 1.82) is 0 Å². The third-order valence-electron chi connectivity index (χ3n) is 3.51. The molecule has 2 aromatic rings. The first-order chi connectivity index (χ1) is 10.2. The number of rotatable bonds is 6. The molecule has 0 spiro atoms. The Kier molecular flexibility index (Phi) is 7.32. The molecule has 1 amide bonds. The number of amides is 1. The average molecular weight is 323 g/mol. The lowest BCUT2D eigenvalue weighted by Gasteiger charge is -2.20. The van der Waals surface area contributed by atoms with Crippen LogP contribution in [0, 0.1) is 0 Å². The molecule has 0 aliphatic heterocycles. The van der Waals surface area contributed by atoms with Crippen LogP contribution in [0.25, 0.3) is 10.8 Å². The summed E-state index contributed by atoms with van der Waals surface area (Å²) in [7, 11) is 0. The van der Waals surface area contributed by atoms with Gasteiger partial charge in [0.05, 0.1) is 6.04 Å². The Balaban J connectivity index is 0.00000242. The number of fused-ring (bicyclic) bond motifs is 1. The fourth-order valence-electron chi connectivity index (χ4n) is 2.32. The maximum absolute atomic E-state index is 12.0. The molecule has 22 heavy (non-hydrogen) atoms. The average Bonchev–Trinajstić information content (AvgIpc) is 2.52. The van der Waals surface area contributed by atoms with E-state index in [0.717, 1.165) is 10.9 Å². The van der Waals surface area contributed by atoms with Gasteiger partial charge in [0.25, 0.3) is 0 Å². The Morgan fingerprint density at radius 3 is 2.55 bits per heavy atom. The Hall–Kier alpha value is -1.62. The highest BCUT2D eigenvalue weighted by atomic mass is 35.5. The van der Waals surface area contributed by atoms with Crippen LogP contribution in [0.3, 0.4) is 0 Å². The predicted octanol–water partition coefficient (Wildman–Crippen LogP) is 2.80.